The van der Waals surface area contributed by atoms with Crippen molar-refractivity contribution in [2.75, 3.05) is 43.1 Å². The third-order valence-corrected chi connectivity index (χ3v) is 7.13. The number of hydrogen-bond donors (Lipinski definition) is 1. The Kier molecular flexibility index (Phi) is 6.49. The molecule has 5 rings (SSSR count). The molecule has 1 heterocycles. The summed E-state index contributed by atoms with van der Waals surface area (Å²) in [7, 11) is 1.71. The molecule has 0 atom stereocenters. The van der Waals surface area contributed by atoms with E-state index >= 15 is 0 Å². The Morgan fingerprint density at radius 1 is 0.886 bits per heavy atom. The quantitative estimate of drug-likeness (QED) is 0.351. The molecule has 0 radical (unpaired) electrons. The number of nitrogens with two attached hydrogens (primary N) is 1. The molecule has 1 aliphatic heterocycles. The molecule has 1 saturated heterocycles. The monoisotopic (exact) mass is 467 g/mol. The number of para-hydroxylation sites is 2. The molecule has 180 valence electrons. The molecular weight excluding hydrogens is 434 g/mol. The van der Waals surface area contributed by atoms with Crippen LogP contribution in [-0.2, 0) is 6.42 Å². The zero-order valence-corrected chi connectivity index (χ0v) is 20.6. The Bertz CT molecular complexity index is 1370. The lowest BCUT2D eigenvalue weighted by Crippen LogP contribution is -2.47. The van der Waals surface area contributed by atoms with Crippen LogP contribution in [0.3, 0.4) is 0 Å². The number of ether oxygens (including phenoxy) is 1. The van der Waals surface area contributed by atoms with Gasteiger partial charge in [-0.05, 0) is 58.8 Å². The Hall–Kier alpha value is -3.73. The number of rotatable bonds is 7. The van der Waals surface area contributed by atoms with Crippen molar-refractivity contribution in [3.05, 3.63) is 77.9 Å². The van der Waals surface area contributed by atoms with Gasteiger partial charge in [-0.25, -0.2) is 0 Å². The van der Waals surface area contributed by atoms with Gasteiger partial charge in [0.2, 0.25) is 0 Å². The van der Waals surface area contributed by atoms with Crippen molar-refractivity contribution in [1.29, 1.82) is 0 Å². The van der Waals surface area contributed by atoms with Gasteiger partial charge in [-0.3, -0.25) is 4.79 Å². The Morgan fingerprint density at radius 3 is 2.23 bits per heavy atom. The van der Waals surface area contributed by atoms with Gasteiger partial charge in [-0.1, -0.05) is 55.8 Å². The number of piperazine rings is 1. The highest BCUT2D eigenvalue weighted by Crippen LogP contribution is 2.38. The molecule has 0 bridgehead atoms. The minimum Gasteiger partial charge on any atom is -0.495 e. The third kappa shape index (κ3) is 4.39. The Morgan fingerprint density at radius 2 is 1.54 bits per heavy atom. The van der Waals surface area contributed by atoms with Gasteiger partial charge in [0.1, 0.15) is 5.75 Å². The van der Waals surface area contributed by atoms with Crippen LogP contribution < -0.4 is 20.3 Å². The van der Waals surface area contributed by atoms with Crippen molar-refractivity contribution >= 4 is 38.8 Å². The second kappa shape index (κ2) is 9.87. The van der Waals surface area contributed by atoms with Crippen LogP contribution in [0.2, 0.25) is 0 Å². The molecule has 2 N–H and O–H groups in total. The van der Waals surface area contributed by atoms with E-state index in [1.807, 2.05) is 18.2 Å². The predicted octanol–water partition coefficient (Wildman–Crippen LogP) is 5.77. The molecule has 0 aliphatic carbocycles. The van der Waals surface area contributed by atoms with E-state index in [-0.39, 0.29) is 5.91 Å². The standard InChI is InChI=1S/C30H33N3O2/c1-3-4-9-23-19-24-18-21-10-5-6-11-22(21)20-25(24)29(28(23)30(31)34)33-16-14-32(15-17-33)26-12-7-8-13-27(26)35-2/h5-8,10-13,18-20H,3-4,9,14-17H2,1-2H3,(H2,31,34). The smallest absolute Gasteiger partial charge is 0.251 e. The van der Waals surface area contributed by atoms with Crippen molar-refractivity contribution in [2.24, 2.45) is 5.73 Å². The zero-order chi connectivity index (χ0) is 24.4. The van der Waals surface area contributed by atoms with Gasteiger partial charge in [0.25, 0.3) is 5.91 Å². The number of amides is 1. The summed E-state index contributed by atoms with van der Waals surface area (Å²) < 4.78 is 5.60. The maximum Gasteiger partial charge on any atom is 0.251 e. The van der Waals surface area contributed by atoms with E-state index in [0.29, 0.717) is 5.56 Å². The summed E-state index contributed by atoms with van der Waals surface area (Å²) >= 11 is 0. The normalized spacial score (nSPS) is 14.0. The van der Waals surface area contributed by atoms with E-state index in [0.717, 1.165) is 73.5 Å². The molecule has 4 aromatic rings. The van der Waals surface area contributed by atoms with E-state index in [4.69, 9.17) is 10.5 Å². The number of fused-ring (bicyclic) bond motifs is 2. The fourth-order valence-corrected chi connectivity index (χ4v) is 5.36. The number of unbranched alkanes of at least 4 members (excludes halogenated alkanes) is 1. The number of primary amides is 1. The van der Waals surface area contributed by atoms with Gasteiger partial charge in [-0.15, -0.1) is 0 Å². The molecule has 4 aromatic carbocycles. The van der Waals surface area contributed by atoms with Gasteiger partial charge in [0.15, 0.2) is 0 Å². The lowest BCUT2D eigenvalue weighted by molar-refractivity contribution is 0.1000. The van der Waals surface area contributed by atoms with Crippen LogP contribution in [0.5, 0.6) is 5.75 Å². The average Bonchev–Trinajstić information content (AvgIpc) is 2.89. The highest BCUT2D eigenvalue weighted by atomic mass is 16.5. The predicted molar refractivity (Wildman–Crippen MR) is 146 cm³/mol. The Labute approximate surface area is 207 Å². The van der Waals surface area contributed by atoms with Crippen molar-refractivity contribution in [2.45, 2.75) is 26.2 Å². The molecule has 0 saturated carbocycles. The molecule has 1 aliphatic rings. The first-order valence-corrected chi connectivity index (χ1v) is 12.5. The number of nitrogens with zero attached hydrogens (tertiary/aromatic N) is 2. The van der Waals surface area contributed by atoms with E-state index < -0.39 is 0 Å². The van der Waals surface area contributed by atoms with E-state index in [1.54, 1.807) is 7.11 Å². The van der Waals surface area contributed by atoms with Crippen LogP contribution >= 0.6 is 0 Å². The van der Waals surface area contributed by atoms with Gasteiger partial charge in [0.05, 0.1) is 24.0 Å². The lowest BCUT2D eigenvalue weighted by Gasteiger charge is -2.39. The summed E-state index contributed by atoms with van der Waals surface area (Å²) in [5.41, 5.74) is 9.91. The fourth-order valence-electron chi connectivity index (χ4n) is 5.36. The number of benzene rings is 4. The second-order valence-electron chi connectivity index (χ2n) is 9.29. The maximum absolute atomic E-state index is 12.9. The van der Waals surface area contributed by atoms with E-state index in [9.17, 15) is 4.79 Å². The van der Waals surface area contributed by atoms with Crippen LogP contribution in [0.25, 0.3) is 21.5 Å². The van der Waals surface area contributed by atoms with E-state index in [1.165, 1.54) is 16.2 Å². The fraction of sp³-hybridized carbons (Fsp3) is 0.300. The van der Waals surface area contributed by atoms with Crippen molar-refractivity contribution in [3.8, 4) is 5.75 Å². The zero-order valence-electron chi connectivity index (χ0n) is 20.6. The maximum atomic E-state index is 12.9. The van der Waals surface area contributed by atoms with Crippen LogP contribution in [0.4, 0.5) is 11.4 Å². The minimum atomic E-state index is -0.340. The topological polar surface area (TPSA) is 58.8 Å². The summed E-state index contributed by atoms with van der Waals surface area (Å²) in [6, 6.07) is 23.2. The number of carbonyl (C=O) groups is 1. The summed E-state index contributed by atoms with van der Waals surface area (Å²) in [5, 5.41) is 4.65. The SMILES string of the molecule is CCCCc1cc2cc3ccccc3cc2c(N2CCN(c3ccccc3OC)CC2)c1C(N)=O. The number of carbonyl (C=O) groups excluding carboxylic acids is 1. The summed E-state index contributed by atoms with van der Waals surface area (Å²) in [5.74, 6) is 0.547. The summed E-state index contributed by atoms with van der Waals surface area (Å²) in [6.07, 6.45) is 2.95. The highest BCUT2D eigenvalue weighted by Gasteiger charge is 2.26. The lowest BCUT2D eigenvalue weighted by atomic mass is 9.92. The molecule has 0 aromatic heterocycles. The molecule has 5 heteroatoms. The first-order valence-electron chi connectivity index (χ1n) is 12.5. The van der Waals surface area contributed by atoms with Gasteiger partial charge < -0.3 is 20.3 Å². The minimum absolute atomic E-state index is 0.340. The molecule has 35 heavy (non-hydrogen) atoms. The van der Waals surface area contributed by atoms with Crippen LogP contribution in [-0.4, -0.2) is 39.2 Å². The van der Waals surface area contributed by atoms with Crippen LogP contribution in [0.15, 0.2) is 66.7 Å². The van der Waals surface area contributed by atoms with Crippen molar-refractivity contribution < 1.29 is 9.53 Å². The molecule has 1 amide bonds. The molecular formula is C30H33N3O2. The first-order chi connectivity index (χ1) is 17.1. The van der Waals surface area contributed by atoms with Gasteiger partial charge in [-0.2, -0.15) is 0 Å². The molecule has 1 fully saturated rings. The second-order valence-corrected chi connectivity index (χ2v) is 9.29. The largest absolute Gasteiger partial charge is 0.495 e. The average molecular weight is 468 g/mol. The first kappa shape index (κ1) is 23.0. The Balaban J connectivity index is 1.60. The highest BCUT2D eigenvalue weighted by molar-refractivity contribution is 6.12. The summed E-state index contributed by atoms with van der Waals surface area (Å²) in [4.78, 5) is 17.6. The van der Waals surface area contributed by atoms with E-state index in [2.05, 4.69) is 65.3 Å². The molecule has 0 spiro atoms. The third-order valence-electron chi connectivity index (χ3n) is 7.13. The van der Waals surface area contributed by atoms with Crippen LogP contribution in [0.1, 0.15) is 35.7 Å². The van der Waals surface area contributed by atoms with Gasteiger partial charge in [0, 0.05) is 31.6 Å². The van der Waals surface area contributed by atoms with Gasteiger partial charge >= 0.3 is 0 Å². The number of anilines is 2. The summed E-state index contributed by atoms with van der Waals surface area (Å²) in [6.45, 7) is 5.46. The molecule has 5 nitrogen and oxygen atoms in total. The number of hydrogen-bond acceptors (Lipinski definition) is 4. The number of aryl methyl sites for hydroxylation is 1. The number of methoxy groups -OCH3 is 1. The molecule has 0 unspecified atom stereocenters. The van der Waals surface area contributed by atoms with Crippen molar-refractivity contribution in [1.82, 2.24) is 0 Å². The van der Waals surface area contributed by atoms with Crippen LogP contribution in [0, 0.1) is 0 Å². The van der Waals surface area contributed by atoms with Crippen molar-refractivity contribution in [3.63, 3.8) is 0 Å².